The number of methoxy groups -OCH3 is 4. The first kappa shape index (κ1) is 74.8. The van der Waals surface area contributed by atoms with Crippen molar-refractivity contribution in [2.24, 2.45) is 34.4 Å². The van der Waals surface area contributed by atoms with E-state index in [0.29, 0.717) is 13.0 Å². The molecule has 4 rings (SSSR count). The van der Waals surface area contributed by atoms with Gasteiger partial charge in [0.1, 0.15) is 47.2 Å². The van der Waals surface area contributed by atoms with E-state index in [9.17, 15) is 43.2 Å². The molecule has 0 aliphatic carbocycles. The Morgan fingerprint density at radius 1 is 0.383 bits per heavy atom. The predicted molar refractivity (Wildman–Crippen MR) is 351 cm³/mol. The van der Waals surface area contributed by atoms with Crippen molar-refractivity contribution in [3.8, 4) is 23.0 Å². The van der Waals surface area contributed by atoms with Crippen molar-refractivity contribution in [2.75, 3.05) is 75.9 Å². The molecule has 0 heterocycles. The molecule has 0 saturated carbocycles. The van der Waals surface area contributed by atoms with E-state index in [2.05, 4.69) is 63.8 Å². The first-order chi connectivity index (χ1) is 44.7. The highest BCUT2D eigenvalue weighted by atomic mass is 16.5. The van der Waals surface area contributed by atoms with E-state index in [-0.39, 0.29) is 156 Å². The standard InChI is InChI=1S/C59H84N22O13/c1-30(74-49(84)36-28-33(16-20-44(36)92-3)78-55(90)42(13-9-25-73-59(68)69)81-50(85)37-27-32(15-19-45(37)93-4)75-52(87)39(60)10-6-22-70-56(62)63)48(83)79-40(11-7-23-71-57(64)65)53(88)77-34-17-21-46(94-5)38(29-34)51(86)80-41(12-8-24-72-58(66)67)54(89)76-31-14-18-43(91-2)35(26-31)47(61)82/h14-21,26-30,39-42H,6-13,22-25,60H2,1-5H3,(H2,61,82)(H,74,84)(H,75,87)(H,76,89)(H,77,88)(H,78,90)(H,79,83)(H,80,86)(H,81,85)(H4,62,63,70)(H4,64,65,71)(H4,66,67,72)(H4,68,69,73)/t30-,39+,40+,41+,42+/m0/s1. The van der Waals surface area contributed by atoms with Crippen molar-refractivity contribution in [3.63, 3.8) is 0 Å². The van der Waals surface area contributed by atoms with Crippen molar-refractivity contribution < 1.29 is 62.1 Å². The molecule has 0 spiro atoms. The minimum atomic E-state index is -1.35. The van der Waals surface area contributed by atoms with E-state index in [1.165, 1.54) is 108 Å². The van der Waals surface area contributed by atoms with Gasteiger partial charge in [0.25, 0.3) is 23.6 Å². The lowest BCUT2D eigenvalue weighted by Crippen LogP contribution is -2.51. The fourth-order valence-corrected chi connectivity index (χ4v) is 8.97. The number of ether oxygens (including phenoxy) is 4. The van der Waals surface area contributed by atoms with Gasteiger partial charge in [0.05, 0.1) is 56.7 Å². The number of amides is 9. The van der Waals surface area contributed by atoms with Crippen LogP contribution in [-0.2, 0) is 24.0 Å². The normalized spacial score (nSPS) is 12.1. The van der Waals surface area contributed by atoms with Gasteiger partial charge >= 0.3 is 0 Å². The van der Waals surface area contributed by atoms with Crippen LogP contribution in [0.25, 0.3) is 0 Å². The Morgan fingerprint density at radius 3 is 0.968 bits per heavy atom. The minimum absolute atomic E-state index is 0.00667. The van der Waals surface area contributed by atoms with Gasteiger partial charge in [-0.3, -0.25) is 64.8 Å². The molecule has 4 aromatic carbocycles. The van der Waals surface area contributed by atoms with E-state index < -0.39 is 83.4 Å². The first-order valence-electron chi connectivity index (χ1n) is 29.2. The van der Waals surface area contributed by atoms with Crippen molar-refractivity contribution in [1.29, 1.82) is 21.6 Å². The van der Waals surface area contributed by atoms with Crippen LogP contribution in [0.2, 0.25) is 0 Å². The molecule has 0 radical (unpaired) electrons. The Kier molecular flexibility index (Phi) is 29.8. The summed E-state index contributed by atoms with van der Waals surface area (Å²) in [5.74, 6) is -7.82. The molecule has 94 heavy (non-hydrogen) atoms. The van der Waals surface area contributed by atoms with Gasteiger partial charge in [-0.15, -0.1) is 0 Å². The highest BCUT2D eigenvalue weighted by Gasteiger charge is 2.30. The minimum Gasteiger partial charge on any atom is -0.496 e. The molecule has 0 aliphatic rings. The maximum atomic E-state index is 14.2. The molecule has 4 aromatic rings. The number of nitrogens with two attached hydrogens (primary N) is 6. The maximum Gasteiger partial charge on any atom is 0.255 e. The average Bonchev–Trinajstić information content (AvgIpc) is 0.909. The van der Waals surface area contributed by atoms with Crippen molar-refractivity contribution >= 4 is 99.8 Å². The molecule has 0 aliphatic heterocycles. The van der Waals surface area contributed by atoms with E-state index in [1.54, 1.807) is 0 Å². The smallest absolute Gasteiger partial charge is 0.255 e. The average molecular weight is 1310 g/mol. The lowest BCUT2D eigenvalue weighted by atomic mass is 10.1. The molecule has 0 bridgehead atoms. The van der Waals surface area contributed by atoms with Crippen molar-refractivity contribution in [1.82, 2.24) is 42.5 Å². The number of carbonyl (C=O) groups is 9. The van der Waals surface area contributed by atoms with Gasteiger partial charge in [0.15, 0.2) is 23.8 Å². The number of benzene rings is 4. The highest BCUT2D eigenvalue weighted by molar-refractivity contribution is 6.07. The number of anilines is 4. The van der Waals surface area contributed by atoms with Crippen LogP contribution in [0, 0.1) is 21.6 Å². The molecule has 508 valence electrons. The summed E-state index contributed by atoms with van der Waals surface area (Å²) >= 11 is 0. The van der Waals surface area contributed by atoms with Crippen LogP contribution in [-0.4, -0.2) is 162 Å². The summed E-state index contributed by atoms with van der Waals surface area (Å²) in [4.78, 5) is 123. The van der Waals surface area contributed by atoms with Gasteiger partial charge in [0.2, 0.25) is 29.5 Å². The lowest BCUT2D eigenvalue weighted by molar-refractivity contribution is -0.127. The van der Waals surface area contributed by atoms with E-state index in [4.69, 9.17) is 75.0 Å². The van der Waals surface area contributed by atoms with Gasteiger partial charge < -0.3 is 117 Å². The number of rotatable bonds is 37. The fourth-order valence-electron chi connectivity index (χ4n) is 8.97. The highest BCUT2D eigenvalue weighted by Crippen LogP contribution is 2.28. The van der Waals surface area contributed by atoms with Gasteiger partial charge in [0, 0.05) is 48.9 Å². The number of carbonyl (C=O) groups excluding carboxylic acids is 9. The Bertz CT molecular complexity index is 3420. The quantitative estimate of drug-likeness (QED) is 0.0144. The third kappa shape index (κ3) is 24.3. The zero-order chi connectivity index (χ0) is 69.6. The molecule has 0 unspecified atom stereocenters. The third-order valence-electron chi connectivity index (χ3n) is 13.8. The van der Waals surface area contributed by atoms with E-state index >= 15 is 0 Å². The van der Waals surface area contributed by atoms with Gasteiger partial charge in [-0.25, -0.2) is 0 Å². The summed E-state index contributed by atoms with van der Waals surface area (Å²) in [5, 5.41) is 61.7. The van der Waals surface area contributed by atoms with Crippen LogP contribution < -0.4 is 117 Å². The molecule has 0 aromatic heterocycles. The second-order valence-corrected chi connectivity index (χ2v) is 20.8. The molecular formula is C59H84N22O13. The maximum absolute atomic E-state index is 14.2. The summed E-state index contributed by atoms with van der Waals surface area (Å²) < 4.78 is 21.6. The Morgan fingerprint density at radius 2 is 0.660 bits per heavy atom. The zero-order valence-electron chi connectivity index (χ0n) is 52.6. The molecule has 5 atom stereocenters. The monoisotopic (exact) mass is 1310 g/mol. The first-order valence-corrected chi connectivity index (χ1v) is 29.2. The molecule has 28 N–H and O–H groups in total. The SMILES string of the molecule is COc1ccc(NC(=O)[C@@H](CCCNC(=N)N)NC(=O)c2cc(NC(=O)[C@@H](CCCNC(=N)N)NC(=O)[C@H](C)NC(=O)c3cc(NC(=O)[C@@H](CCCNC(=N)N)NC(=O)c4cc(NC(=O)[C@H](N)CCCNC(=N)N)ccc4OC)ccc3OC)ccc2OC)cc1C(N)=O. The Hall–Kier alpha value is -11.7. The summed E-state index contributed by atoms with van der Waals surface area (Å²) in [5.41, 5.74) is 33.4. The molecule has 35 heteroatoms. The third-order valence-corrected chi connectivity index (χ3v) is 13.8. The summed E-state index contributed by atoms with van der Waals surface area (Å²) in [6.45, 7) is 2.08. The second-order valence-electron chi connectivity index (χ2n) is 20.8. The Labute approximate surface area is 541 Å². The van der Waals surface area contributed by atoms with E-state index in [0.717, 1.165) is 0 Å². The van der Waals surface area contributed by atoms with Crippen LogP contribution in [0.3, 0.4) is 0 Å². The predicted octanol–water partition coefficient (Wildman–Crippen LogP) is -1.15. The van der Waals surface area contributed by atoms with Crippen LogP contribution >= 0.6 is 0 Å². The molecule has 0 saturated heterocycles. The zero-order valence-corrected chi connectivity index (χ0v) is 52.6. The van der Waals surface area contributed by atoms with Gasteiger partial charge in [-0.1, -0.05) is 0 Å². The van der Waals surface area contributed by atoms with Crippen LogP contribution in [0.5, 0.6) is 23.0 Å². The lowest BCUT2D eigenvalue weighted by Gasteiger charge is -2.23. The topological polar surface area (TPSA) is 586 Å². The molecule has 0 fully saturated rings. The number of guanidine groups is 4. The number of hydrogen-bond acceptors (Lipinski definition) is 18. The fraction of sp³-hybridized carbons (Fsp3) is 0.373. The number of primary amides is 1. The van der Waals surface area contributed by atoms with Crippen molar-refractivity contribution in [3.05, 3.63) is 95.1 Å². The molecular weight excluding hydrogens is 1220 g/mol. The summed E-state index contributed by atoms with van der Waals surface area (Å²) in [7, 11) is 5.24. The summed E-state index contributed by atoms with van der Waals surface area (Å²) in [6, 6.07) is 10.5. The van der Waals surface area contributed by atoms with Crippen LogP contribution in [0.15, 0.2) is 72.8 Å². The summed E-state index contributed by atoms with van der Waals surface area (Å²) in [6.07, 6.45) is 1.27. The largest absolute Gasteiger partial charge is 0.496 e. The Balaban J connectivity index is 1.53. The van der Waals surface area contributed by atoms with Crippen LogP contribution in [0.1, 0.15) is 99.7 Å². The molecule has 35 nitrogen and oxygen atoms in total. The van der Waals surface area contributed by atoms with Gasteiger partial charge in [-0.2, -0.15) is 0 Å². The van der Waals surface area contributed by atoms with Gasteiger partial charge in [-0.05, 0) is 131 Å². The van der Waals surface area contributed by atoms with E-state index in [1.807, 2.05) is 0 Å². The second kappa shape index (κ2) is 37.5. The number of nitrogens with one attached hydrogen (secondary N) is 16. The number of hydrogen-bond donors (Lipinski definition) is 22. The van der Waals surface area contributed by atoms with Crippen molar-refractivity contribution in [2.45, 2.75) is 88.5 Å². The molecule has 9 amide bonds. The van der Waals surface area contributed by atoms with Crippen LogP contribution in [0.4, 0.5) is 22.7 Å².